The normalized spacial score (nSPS) is 20.0. The first-order valence-electron chi connectivity index (χ1n) is 6.30. The van der Waals surface area contributed by atoms with Crippen LogP contribution in [0.2, 0.25) is 0 Å². The van der Waals surface area contributed by atoms with E-state index in [0.29, 0.717) is 5.65 Å². The van der Waals surface area contributed by atoms with Crippen LogP contribution in [0.15, 0.2) is 29.4 Å². The van der Waals surface area contributed by atoms with E-state index in [1.807, 2.05) is 0 Å². The summed E-state index contributed by atoms with van der Waals surface area (Å²) in [6, 6.07) is 5.33. The van der Waals surface area contributed by atoms with Crippen molar-refractivity contribution in [2.75, 3.05) is 24.3 Å². The molecule has 2 N–H and O–H groups in total. The minimum atomic E-state index is -3.64. The van der Waals surface area contributed by atoms with Gasteiger partial charge in [-0.1, -0.05) is 6.07 Å². The number of sulfonamides is 1. The van der Waals surface area contributed by atoms with Crippen LogP contribution in [0.4, 0.5) is 5.82 Å². The summed E-state index contributed by atoms with van der Waals surface area (Å²) in [7, 11) is -2.02. The lowest BCUT2D eigenvalue weighted by molar-refractivity contribution is 0.393. The van der Waals surface area contributed by atoms with Crippen molar-refractivity contribution in [2.45, 2.75) is 17.5 Å². The molecular weight excluding hydrogens is 296 g/mol. The number of hydrogen-bond acceptors (Lipinski definition) is 5. The zero-order valence-electron chi connectivity index (χ0n) is 11.1. The Morgan fingerprint density at radius 3 is 3.00 bits per heavy atom. The second-order valence-electron chi connectivity index (χ2n) is 4.77. The fraction of sp³-hybridized carbons (Fsp3) is 0.417. The maximum absolute atomic E-state index is 12.8. The molecule has 2 aromatic rings. The maximum Gasteiger partial charge on any atom is 0.262 e. The van der Waals surface area contributed by atoms with Crippen molar-refractivity contribution < 1.29 is 8.42 Å². The molecule has 1 fully saturated rings. The molecule has 8 heteroatoms. The van der Waals surface area contributed by atoms with Crippen molar-refractivity contribution in [1.29, 1.82) is 0 Å². The molecule has 0 saturated carbocycles. The average molecular weight is 312 g/mol. The van der Waals surface area contributed by atoms with Gasteiger partial charge >= 0.3 is 0 Å². The molecule has 6 nitrogen and oxygen atoms in total. The van der Waals surface area contributed by atoms with E-state index in [1.54, 1.807) is 43.2 Å². The summed E-state index contributed by atoms with van der Waals surface area (Å²) in [5.41, 5.74) is 6.37. The Morgan fingerprint density at radius 2 is 2.30 bits per heavy atom. The number of rotatable bonds is 3. The predicted octanol–water partition coefficient (Wildman–Crippen LogP) is 1.04. The van der Waals surface area contributed by atoms with Crippen molar-refractivity contribution in [3.05, 3.63) is 24.4 Å². The number of hydrogen-bond donors (Lipinski definition) is 1. The second-order valence-corrected chi connectivity index (χ2v) is 7.83. The van der Waals surface area contributed by atoms with Crippen LogP contribution in [-0.4, -0.2) is 46.7 Å². The van der Waals surface area contributed by atoms with Gasteiger partial charge in [0.05, 0.1) is 0 Å². The topological polar surface area (TPSA) is 80.7 Å². The number of anilines is 1. The molecule has 1 saturated heterocycles. The summed E-state index contributed by atoms with van der Waals surface area (Å²) < 4.78 is 28.5. The summed E-state index contributed by atoms with van der Waals surface area (Å²) in [5, 5.41) is 0.0625. The number of aromatic nitrogens is 2. The predicted molar refractivity (Wildman–Crippen MR) is 80.3 cm³/mol. The number of thioether (sulfide) groups is 1. The van der Waals surface area contributed by atoms with E-state index in [1.165, 1.54) is 8.71 Å². The van der Waals surface area contributed by atoms with Gasteiger partial charge in [0.15, 0.2) is 10.8 Å². The molecule has 1 aliphatic rings. The molecule has 0 radical (unpaired) electrons. The van der Waals surface area contributed by atoms with E-state index in [-0.39, 0.29) is 16.9 Å². The first kappa shape index (κ1) is 13.7. The molecule has 1 atom stereocenters. The fourth-order valence-electron chi connectivity index (χ4n) is 2.39. The number of fused-ring (bicyclic) bond motifs is 1. The molecule has 20 heavy (non-hydrogen) atoms. The van der Waals surface area contributed by atoms with Crippen molar-refractivity contribution in [1.82, 2.24) is 13.7 Å². The molecule has 3 heterocycles. The van der Waals surface area contributed by atoms with E-state index in [0.717, 1.165) is 17.9 Å². The van der Waals surface area contributed by atoms with Crippen molar-refractivity contribution in [3.8, 4) is 0 Å². The van der Waals surface area contributed by atoms with Crippen LogP contribution in [0.5, 0.6) is 0 Å². The zero-order chi connectivity index (χ0) is 14.3. The van der Waals surface area contributed by atoms with E-state index in [9.17, 15) is 8.42 Å². The third kappa shape index (κ3) is 2.07. The number of nitrogens with zero attached hydrogens (tertiary/aromatic N) is 3. The summed E-state index contributed by atoms with van der Waals surface area (Å²) in [4.78, 5) is 4.12. The summed E-state index contributed by atoms with van der Waals surface area (Å²) in [5.74, 6) is 1.87. The highest BCUT2D eigenvalue weighted by Crippen LogP contribution is 2.28. The van der Waals surface area contributed by atoms with Crippen LogP contribution < -0.4 is 5.73 Å². The van der Waals surface area contributed by atoms with Gasteiger partial charge in [-0.15, -0.1) is 0 Å². The first-order chi connectivity index (χ1) is 9.51. The molecule has 0 spiro atoms. The van der Waals surface area contributed by atoms with Gasteiger partial charge in [0, 0.05) is 25.0 Å². The number of pyridine rings is 1. The van der Waals surface area contributed by atoms with E-state index in [4.69, 9.17) is 5.73 Å². The third-order valence-corrected chi connectivity index (χ3v) is 6.65. The lowest BCUT2D eigenvalue weighted by atomic mass is 10.3. The van der Waals surface area contributed by atoms with Gasteiger partial charge in [-0.05, 0) is 24.3 Å². The molecule has 0 bridgehead atoms. The average Bonchev–Trinajstić information content (AvgIpc) is 3.03. The molecule has 108 valence electrons. The van der Waals surface area contributed by atoms with E-state index in [2.05, 4.69) is 4.98 Å². The minimum absolute atomic E-state index is 0.0265. The largest absolute Gasteiger partial charge is 0.381 e. The molecule has 1 unspecified atom stereocenters. The maximum atomic E-state index is 12.8. The molecule has 1 aliphatic heterocycles. The van der Waals surface area contributed by atoms with Crippen LogP contribution in [0.25, 0.3) is 5.65 Å². The van der Waals surface area contributed by atoms with Crippen molar-refractivity contribution in [2.24, 2.45) is 0 Å². The SMILES string of the molecule is CN(C1CCSC1)S(=O)(=O)c1c(N)nc2ccccn12. The Morgan fingerprint density at radius 1 is 1.50 bits per heavy atom. The molecule has 2 aromatic heterocycles. The monoisotopic (exact) mass is 312 g/mol. The summed E-state index contributed by atoms with van der Waals surface area (Å²) in [6.07, 6.45) is 2.54. The van der Waals surface area contributed by atoms with Gasteiger partial charge in [-0.2, -0.15) is 16.1 Å². The van der Waals surface area contributed by atoms with E-state index >= 15 is 0 Å². The molecule has 3 rings (SSSR count). The fourth-order valence-corrected chi connectivity index (χ4v) is 5.31. The van der Waals surface area contributed by atoms with Gasteiger partial charge in [-0.3, -0.25) is 4.40 Å². The van der Waals surface area contributed by atoms with E-state index < -0.39 is 10.0 Å². The lowest BCUT2D eigenvalue weighted by Gasteiger charge is -2.22. The first-order valence-corrected chi connectivity index (χ1v) is 8.89. The molecule has 0 aliphatic carbocycles. The van der Waals surface area contributed by atoms with Crippen LogP contribution in [0.1, 0.15) is 6.42 Å². The van der Waals surface area contributed by atoms with Gasteiger partial charge in [-0.25, -0.2) is 13.4 Å². The van der Waals surface area contributed by atoms with Crippen molar-refractivity contribution >= 4 is 33.3 Å². The van der Waals surface area contributed by atoms with Crippen LogP contribution in [-0.2, 0) is 10.0 Å². The van der Waals surface area contributed by atoms with Gasteiger partial charge < -0.3 is 5.73 Å². The zero-order valence-corrected chi connectivity index (χ0v) is 12.7. The van der Waals surface area contributed by atoms with Gasteiger partial charge in [0.1, 0.15) is 5.65 Å². The summed E-state index contributed by atoms with van der Waals surface area (Å²) in [6.45, 7) is 0. The Kier molecular flexibility index (Phi) is 3.39. The Labute approximate surface area is 122 Å². The van der Waals surface area contributed by atoms with Crippen molar-refractivity contribution in [3.63, 3.8) is 0 Å². The van der Waals surface area contributed by atoms with Gasteiger partial charge in [0.25, 0.3) is 10.0 Å². The highest BCUT2D eigenvalue weighted by atomic mass is 32.2. The smallest absolute Gasteiger partial charge is 0.262 e. The highest BCUT2D eigenvalue weighted by molar-refractivity contribution is 7.99. The highest BCUT2D eigenvalue weighted by Gasteiger charge is 2.34. The van der Waals surface area contributed by atoms with Gasteiger partial charge in [0.2, 0.25) is 0 Å². The Balaban J connectivity index is 2.11. The number of nitrogens with two attached hydrogens (primary N) is 1. The third-order valence-electron chi connectivity index (χ3n) is 3.55. The second kappa shape index (κ2) is 4.94. The standard InChI is InChI=1S/C12H16N4O2S2/c1-15(9-5-7-19-8-9)20(17,18)12-11(13)14-10-4-2-3-6-16(10)12/h2-4,6,9H,5,7-8,13H2,1H3. The molecule has 0 aromatic carbocycles. The molecule has 0 amide bonds. The number of nitrogen functional groups attached to an aromatic ring is 1. The Bertz CT molecular complexity index is 735. The molecular formula is C12H16N4O2S2. The van der Waals surface area contributed by atoms with Crippen LogP contribution in [0, 0.1) is 0 Å². The van der Waals surface area contributed by atoms with Crippen LogP contribution >= 0.6 is 11.8 Å². The Hall–Kier alpha value is -1.25. The van der Waals surface area contributed by atoms with Crippen LogP contribution in [0.3, 0.4) is 0 Å². The minimum Gasteiger partial charge on any atom is -0.381 e. The lowest BCUT2D eigenvalue weighted by Crippen LogP contribution is -2.37. The quantitative estimate of drug-likeness (QED) is 0.916. The summed E-state index contributed by atoms with van der Waals surface area (Å²) >= 11 is 1.77. The number of imidazole rings is 1.